The van der Waals surface area contributed by atoms with Crippen LogP contribution in [0.1, 0.15) is 52.3 Å². The number of hydrogen-bond acceptors (Lipinski definition) is 6. The van der Waals surface area contributed by atoms with Gasteiger partial charge in [0.1, 0.15) is 11.5 Å². The molecule has 1 fully saturated rings. The Morgan fingerprint density at radius 2 is 1.91 bits per heavy atom. The quantitative estimate of drug-likeness (QED) is 0.222. The number of benzene rings is 1. The molecule has 35 heavy (non-hydrogen) atoms. The van der Waals surface area contributed by atoms with Crippen molar-refractivity contribution in [2.45, 2.75) is 39.8 Å². The van der Waals surface area contributed by atoms with Crippen LogP contribution in [-0.4, -0.2) is 55.4 Å². The fourth-order valence-electron chi connectivity index (χ4n) is 4.58. The highest BCUT2D eigenvalue weighted by Crippen LogP contribution is 2.40. The summed E-state index contributed by atoms with van der Waals surface area (Å²) in [6.45, 7) is 6.22. The van der Waals surface area contributed by atoms with Gasteiger partial charge in [-0.2, -0.15) is 0 Å². The van der Waals surface area contributed by atoms with Gasteiger partial charge in [-0.05, 0) is 38.3 Å². The van der Waals surface area contributed by atoms with Crippen molar-refractivity contribution in [3.05, 3.63) is 82.7 Å². The molecule has 1 amide bonds. The molecule has 1 aliphatic heterocycles. The summed E-state index contributed by atoms with van der Waals surface area (Å²) < 4.78 is 7.00. The van der Waals surface area contributed by atoms with Gasteiger partial charge in [-0.25, -0.2) is 9.78 Å². The lowest BCUT2D eigenvalue weighted by Gasteiger charge is -2.25. The van der Waals surface area contributed by atoms with E-state index in [-0.39, 0.29) is 23.6 Å². The number of aliphatic hydroxyl groups is 1. The molecule has 9 heteroatoms. The highest BCUT2D eigenvalue weighted by Gasteiger charge is 2.46. The largest absolute Gasteiger partial charge is 0.507 e. The average Bonchev–Trinajstić information content (AvgIpc) is 3.53. The molecule has 0 saturated carbocycles. The number of likely N-dealkylation sites (tertiary alicyclic amines) is 1. The number of aromatic nitrogens is 3. The van der Waals surface area contributed by atoms with E-state index in [0.29, 0.717) is 41.9 Å². The number of aromatic amines is 1. The van der Waals surface area contributed by atoms with Gasteiger partial charge in [0.15, 0.2) is 0 Å². The molecule has 3 aromatic rings. The topological polar surface area (TPSA) is 118 Å². The summed E-state index contributed by atoms with van der Waals surface area (Å²) in [4.78, 5) is 47.2. The van der Waals surface area contributed by atoms with E-state index in [1.54, 1.807) is 33.3 Å². The van der Waals surface area contributed by atoms with Crippen LogP contribution in [-0.2, 0) is 20.9 Å². The van der Waals surface area contributed by atoms with Gasteiger partial charge in [0.05, 0.1) is 24.5 Å². The molecule has 4 rings (SSSR count). The number of ketones is 1. The summed E-state index contributed by atoms with van der Waals surface area (Å²) in [7, 11) is 0. The Labute approximate surface area is 203 Å². The number of nitrogens with one attached hydrogen (secondary N) is 1. The number of hydrogen-bond donors (Lipinski definition) is 2. The van der Waals surface area contributed by atoms with Crippen molar-refractivity contribution < 1.29 is 24.2 Å². The van der Waals surface area contributed by atoms with Crippen molar-refractivity contribution in [1.82, 2.24) is 19.4 Å². The number of aryl methyl sites for hydroxylation is 2. The Kier molecular flexibility index (Phi) is 6.86. The minimum atomic E-state index is -0.753. The summed E-state index contributed by atoms with van der Waals surface area (Å²) in [5.74, 6) is -2.28. The van der Waals surface area contributed by atoms with Gasteiger partial charge in [-0.3, -0.25) is 9.59 Å². The van der Waals surface area contributed by atoms with E-state index in [1.165, 1.54) is 4.90 Å². The summed E-state index contributed by atoms with van der Waals surface area (Å²) >= 11 is 0. The number of ether oxygens (including phenoxy) is 1. The zero-order valence-corrected chi connectivity index (χ0v) is 19.9. The summed E-state index contributed by atoms with van der Waals surface area (Å²) in [5.41, 5.74) is 2.21. The lowest BCUT2D eigenvalue weighted by Crippen LogP contribution is -2.31. The lowest BCUT2D eigenvalue weighted by atomic mass is 9.94. The standard InChI is InChI=1S/C26H28N4O5/c1-4-35-26(34)21-16(2)19(17(3)28-21)23(31)20-22(18-9-6-5-7-10-18)30(25(33)24(20)32)13-8-12-29-14-11-27-15-29/h5-7,9-11,14-15,22,28,31H,4,8,12-13H2,1-3H3/b23-20+. The van der Waals surface area contributed by atoms with Gasteiger partial charge in [-0.1, -0.05) is 30.3 Å². The molecule has 1 saturated heterocycles. The molecular formula is C26H28N4O5. The number of Topliss-reactive ketones (excluding diaryl/α,β-unsaturated/α-hetero) is 1. The van der Waals surface area contributed by atoms with Crippen LogP contribution in [0.4, 0.5) is 0 Å². The van der Waals surface area contributed by atoms with Crippen LogP contribution in [0.5, 0.6) is 0 Å². The van der Waals surface area contributed by atoms with Crippen LogP contribution in [0.2, 0.25) is 0 Å². The van der Waals surface area contributed by atoms with Crippen molar-refractivity contribution in [1.29, 1.82) is 0 Å². The monoisotopic (exact) mass is 476 g/mol. The predicted molar refractivity (Wildman–Crippen MR) is 129 cm³/mol. The van der Waals surface area contributed by atoms with E-state index < -0.39 is 23.7 Å². The minimum absolute atomic E-state index is 0.00411. The Bertz CT molecular complexity index is 1270. The summed E-state index contributed by atoms with van der Waals surface area (Å²) in [6.07, 6.45) is 5.81. The van der Waals surface area contributed by atoms with Crippen molar-refractivity contribution in [3.8, 4) is 0 Å². The van der Waals surface area contributed by atoms with Crippen molar-refractivity contribution >= 4 is 23.4 Å². The van der Waals surface area contributed by atoms with E-state index in [1.807, 2.05) is 41.1 Å². The lowest BCUT2D eigenvalue weighted by molar-refractivity contribution is -0.139. The van der Waals surface area contributed by atoms with Crippen LogP contribution < -0.4 is 0 Å². The number of amides is 1. The number of esters is 1. The first-order valence-electron chi connectivity index (χ1n) is 11.5. The SMILES string of the molecule is CCOC(=O)c1[nH]c(C)c(/C(O)=C2\C(=O)C(=O)N(CCCn3ccnc3)C2c2ccccc2)c1C. The molecule has 0 bridgehead atoms. The van der Waals surface area contributed by atoms with E-state index >= 15 is 0 Å². The molecule has 1 atom stereocenters. The fraction of sp³-hybridized carbons (Fsp3) is 0.308. The first-order valence-corrected chi connectivity index (χ1v) is 11.5. The van der Waals surface area contributed by atoms with Gasteiger partial charge >= 0.3 is 5.97 Å². The number of H-pyrrole nitrogens is 1. The van der Waals surface area contributed by atoms with Gasteiger partial charge in [0, 0.05) is 36.7 Å². The van der Waals surface area contributed by atoms with Gasteiger partial charge in [0.25, 0.3) is 11.7 Å². The van der Waals surface area contributed by atoms with E-state index in [0.717, 1.165) is 0 Å². The predicted octanol–water partition coefficient (Wildman–Crippen LogP) is 3.52. The van der Waals surface area contributed by atoms with Crippen LogP contribution in [0, 0.1) is 13.8 Å². The third kappa shape index (κ3) is 4.49. The number of carbonyl (C=O) groups excluding carboxylic acids is 3. The maximum Gasteiger partial charge on any atom is 0.355 e. The van der Waals surface area contributed by atoms with E-state index in [2.05, 4.69) is 9.97 Å². The zero-order chi connectivity index (χ0) is 25.1. The molecule has 0 spiro atoms. The normalized spacial score (nSPS) is 17.2. The number of carbonyl (C=O) groups is 3. The highest BCUT2D eigenvalue weighted by molar-refractivity contribution is 6.46. The van der Waals surface area contributed by atoms with Crippen LogP contribution in [0.3, 0.4) is 0 Å². The van der Waals surface area contributed by atoms with Crippen LogP contribution >= 0.6 is 0 Å². The Balaban J connectivity index is 1.77. The number of aliphatic hydroxyl groups excluding tert-OH is 1. The molecular weight excluding hydrogens is 448 g/mol. The Morgan fingerprint density at radius 3 is 2.57 bits per heavy atom. The second kappa shape index (κ2) is 10.0. The average molecular weight is 477 g/mol. The third-order valence-electron chi connectivity index (χ3n) is 6.18. The molecule has 0 radical (unpaired) electrons. The first-order chi connectivity index (χ1) is 16.8. The second-order valence-electron chi connectivity index (χ2n) is 8.40. The smallest absolute Gasteiger partial charge is 0.355 e. The Hall–Kier alpha value is -4.14. The molecule has 9 nitrogen and oxygen atoms in total. The number of nitrogens with zero attached hydrogens (tertiary/aromatic N) is 3. The molecule has 3 heterocycles. The van der Waals surface area contributed by atoms with E-state index in [9.17, 15) is 19.5 Å². The maximum atomic E-state index is 13.2. The van der Waals surface area contributed by atoms with Crippen molar-refractivity contribution in [2.24, 2.45) is 0 Å². The molecule has 0 aliphatic carbocycles. The fourth-order valence-corrected chi connectivity index (χ4v) is 4.58. The van der Waals surface area contributed by atoms with Gasteiger partial charge in [0.2, 0.25) is 0 Å². The molecule has 1 aliphatic rings. The third-order valence-corrected chi connectivity index (χ3v) is 6.18. The molecule has 2 aromatic heterocycles. The summed E-state index contributed by atoms with van der Waals surface area (Å²) in [6, 6.07) is 8.40. The van der Waals surface area contributed by atoms with Crippen molar-refractivity contribution in [2.75, 3.05) is 13.2 Å². The molecule has 1 unspecified atom stereocenters. The van der Waals surface area contributed by atoms with Crippen LogP contribution in [0.15, 0.2) is 54.6 Å². The van der Waals surface area contributed by atoms with Gasteiger partial charge in [-0.15, -0.1) is 0 Å². The molecule has 182 valence electrons. The zero-order valence-electron chi connectivity index (χ0n) is 19.9. The minimum Gasteiger partial charge on any atom is -0.507 e. The highest BCUT2D eigenvalue weighted by atomic mass is 16.5. The summed E-state index contributed by atoms with van der Waals surface area (Å²) in [5, 5.41) is 11.4. The second-order valence-corrected chi connectivity index (χ2v) is 8.40. The first kappa shape index (κ1) is 24.0. The molecule has 1 aromatic carbocycles. The Morgan fingerprint density at radius 1 is 1.17 bits per heavy atom. The number of imidazole rings is 1. The van der Waals surface area contributed by atoms with Gasteiger partial charge < -0.3 is 24.3 Å². The maximum absolute atomic E-state index is 13.2. The van der Waals surface area contributed by atoms with Crippen LogP contribution in [0.25, 0.3) is 5.76 Å². The van der Waals surface area contributed by atoms with E-state index in [4.69, 9.17) is 4.74 Å². The van der Waals surface area contributed by atoms with Crippen molar-refractivity contribution in [3.63, 3.8) is 0 Å². The molecule has 2 N–H and O–H groups in total. The number of rotatable bonds is 8.